The average molecular weight is 405 g/mol. The second-order valence-electron chi connectivity index (χ2n) is 6.89. The summed E-state index contributed by atoms with van der Waals surface area (Å²) in [6, 6.07) is 6.02. The van der Waals surface area contributed by atoms with E-state index in [-0.39, 0.29) is 24.2 Å². The lowest BCUT2D eigenvalue weighted by atomic mass is 10.1. The van der Waals surface area contributed by atoms with E-state index in [1.165, 1.54) is 11.3 Å². The number of rotatable bonds is 6. The molecular formula is C19H24N4O2S2. The minimum absolute atomic E-state index is 0.0193. The van der Waals surface area contributed by atoms with E-state index < -0.39 is 0 Å². The van der Waals surface area contributed by atoms with Gasteiger partial charge in [0.1, 0.15) is 0 Å². The van der Waals surface area contributed by atoms with Gasteiger partial charge in [-0.05, 0) is 37.5 Å². The van der Waals surface area contributed by atoms with Gasteiger partial charge in [0.2, 0.25) is 16.9 Å². The summed E-state index contributed by atoms with van der Waals surface area (Å²) in [6.45, 7) is 8.63. The van der Waals surface area contributed by atoms with Gasteiger partial charge in [-0.25, -0.2) is 0 Å². The number of carbonyl (C=O) groups is 2. The van der Waals surface area contributed by atoms with Crippen molar-refractivity contribution in [2.24, 2.45) is 5.92 Å². The third-order valence-electron chi connectivity index (χ3n) is 4.66. The number of aryl methyl sites for hydroxylation is 2. The molecule has 8 heteroatoms. The number of benzene rings is 1. The Labute approximate surface area is 167 Å². The fraction of sp³-hybridized carbons (Fsp3) is 0.474. The lowest BCUT2D eigenvalue weighted by Crippen LogP contribution is -2.28. The Morgan fingerprint density at radius 3 is 2.93 bits per heavy atom. The van der Waals surface area contributed by atoms with Crippen molar-refractivity contribution in [3.8, 4) is 0 Å². The van der Waals surface area contributed by atoms with E-state index in [0.29, 0.717) is 16.9 Å². The van der Waals surface area contributed by atoms with Crippen LogP contribution in [-0.4, -0.2) is 33.8 Å². The molecule has 144 valence electrons. The minimum Gasteiger partial charge on any atom is -0.311 e. The standard InChI is InChI=1S/C19H24N4O2S2/c1-5-13(4)26-19-22-21-18(27-19)20-17(25)14-9-16(24)23(10-14)15-8-11(2)6-7-12(15)3/h6-8,13-14H,5,9-10H2,1-4H3,(H,20,21,25). The highest BCUT2D eigenvalue weighted by Gasteiger charge is 2.36. The van der Waals surface area contributed by atoms with Gasteiger partial charge in [0.05, 0.1) is 5.92 Å². The van der Waals surface area contributed by atoms with Crippen LogP contribution < -0.4 is 10.2 Å². The zero-order valence-electron chi connectivity index (χ0n) is 16.0. The Kier molecular flexibility index (Phi) is 6.16. The van der Waals surface area contributed by atoms with Gasteiger partial charge in [0, 0.05) is 23.9 Å². The first-order valence-electron chi connectivity index (χ1n) is 9.06. The van der Waals surface area contributed by atoms with Crippen LogP contribution in [0.2, 0.25) is 0 Å². The van der Waals surface area contributed by atoms with Crippen LogP contribution in [-0.2, 0) is 9.59 Å². The third-order valence-corrected chi connectivity index (χ3v) is 6.86. The van der Waals surface area contributed by atoms with Crippen molar-refractivity contribution in [1.29, 1.82) is 0 Å². The number of nitrogens with zero attached hydrogens (tertiary/aromatic N) is 3. The topological polar surface area (TPSA) is 75.2 Å². The lowest BCUT2D eigenvalue weighted by Gasteiger charge is -2.19. The Morgan fingerprint density at radius 2 is 2.19 bits per heavy atom. The molecule has 0 radical (unpaired) electrons. The zero-order chi connectivity index (χ0) is 19.6. The predicted molar refractivity (Wildman–Crippen MR) is 111 cm³/mol. The molecule has 0 saturated carbocycles. The molecule has 1 N–H and O–H groups in total. The Bertz CT molecular complexity index is 852. The quantitative estimate of drug-likeness (QED) is 0.581. The molecule has 1 saturated heterocycles. The average Bonchev–Trinajstić information content (AvgIpc) is 3.23. The number of anilines is 2. The summed E-state index contributed by atoms with van der Waals surface area (Å²) in [5, 5.41) is 12.0. The summed E-state index contributed by atoms with van der Waals surface area (Å²) in [4.78, 5) is 26.8. The first-order chi connectivity index (χ1) is 12.9. The number of amides is 2. The SMILES string of the molecule is CCC(C)Sc1nnc(NC(=O)C2CC(=O)N(c3cc(C)ccc3C)C2)s1. The maximum Gasteiger partial charge on any atom is 0.231 e. The maximum atomic E-state index is 12.6. The van der Waals surface area contributed by atoms with E-state index in [0.717, 1.165) is 27.6 Å². The highest BCUT2D eigenvalue weighted by molar-refractivity contribution is 8.01. The number of nitrogens with one attached hydrogen (secondary N) is 1. The third kappa shape index (κ3) is 4.68. The molecule has 1 aromatic heterocycles. The molecule has 0 spiro atoms. The number of aromatic nitrogens is 2. The fourth-order valence-corrected chi connectivity index (χ4v) is 4.90. The van der Waals surface area contributed by atoms with Crippen molar-refractivity contribution in [1.82, 2.24) is 10.2 Å². The Hall–Kier alpha value is -1.93. The summed E-state index contributed by atoms with van der Waals surface area (Å²) in [5.74, 6) is -0.575. The summed E-state index contributed by atoms with van der Waals surface area (Å²) in [5.41, 5.74) is 3.01. The smallest absolute Gasteiger partial charge is 0.231 e. The molecule has 2 heterocycles. The van der Waals surface area contributed by atoms with Gasteiger partial charge < -0.3 is 10.2 Å². The van der Waals surface area contributed by atoms with Crippen LogP contribution in [0.3, 0.4) is 0 Å². The summed E-state index contributed by atoms with van der Waals surface area (Å²) in [6.07, 6.45) is 1.26. The van der Waals surface area contributed by atoms with Crippen molar-refractivity contribution in [3.05, 3.63) is 29.3 Å². The molecule has 1 aromatic carbocycles. The van der Waals surface area contributed by atoms with E-state index >= 15 is 0 Å². The highest BCUT2D eigenvalue weighted by atomic mass is 32.2. The Morgan fingerprint density at radius 1 is 1.41 bits per heavy atom. The summed E-state index contributed by atoms with van der Waals surface area (Å²) < 4.78 is 0.846. The van der Waals surface area contributed by atoms with E-state index in [1.807, 2.05) is 32.0 Å². The first kappa shape index (κ1) is 19.8. The minimum atomic E-state index is -0.382. The largest absolute Gasteiger partial charge is 0.311 e. The van der Waals surface area contributed by atoms with Crippen molar-refractivity contribution in [3.63, 3.8) is 0 Å². The van der Waals surface area contributed by atoms with Crippen LogP contribution in [0.4, 0.5) is 10.8 Å². The Balaban J connectivity index is 1.65. The van der Waals surface area contributed by atoms with E-state index in [2.05, 4.69) is 29.4 Å². The molecule has 6 nitrogen and oxygen atoms in total. The molecule has 2 unspecified atom stereocenters. The number of hydrogen-bond acceptors (Lipinski definition) is 6. The van der Waals surface area contributed by atoms with Crippen LogP contribution in [0.5, 0.6) is 0 Å². The van der Waals surface area contributed by atoms with Gasteiger partial charge in [0.15, 0.2) is 4.34 Å². The lowest BCUT2D eigenvalue weighted by molar-refractivity contribution is -0.122. The zero-order valence-corrected chi connectivity index (χ0v) is 17.6. The van der Waals surface area contributed by atoms with Crippen molar-refractivity contribution < 1.29 is 9.59 Å². The monoisotopic (exact) mass is 404 g/mol. The fourth-order valence-electron chi connectivity index (χ4n) is 2.90. The molecule has 0 bridgehead atoms. The molecule has 0 aliphatic carbocycles. The van der Waals surface area contributed by atoms with Crippen LogP contribution in [0.1, 0.15) is 37.8 Å². The summed E-state index contributed by atoms with van der Waals surface area (Å²) >= 11 is 3.03. The molecule has 2 aromatic rings. The van der Waals surface area contributed by atoms with E-state index in [4.69, 9.17) is 0 Å². The van der Waals surface area contributed by atoms with Gasteiger partial charge >= 0.3 is 0 Å². The van der Waals surface area contributed by atoms with Crippen LogP contribution in [0.15, 0.2) is 22.5 Å². The highest BCUT2D eigenvalue weighted by Crippen LogP contribution is 2.32. The van der Waals surface area contributed by atoms with Gasteiger partial charge in [-0.3, -0.25) is 9.59 Å². The van der Waals surface area contributed by atoms with Gasteiger partial charge in [-0.2, -0.15) is 0 Å². The summed E-state index contributed by atoms with van der Waals surface area (Å²) in [7, 11) is 0. The molecule has 27 heavy (non-hydrogen) atoms. The first-order valence-corrected chi connectivity index (χ1v) is 10.8. The molecule has 1 fully saturated rings. The molecule has 2 amide bonds. The van der Waals surface area contributed by atoms with Crippen molar-refractivity contribution in [2.45, 2.75) is 50.1 Å². The van der Waals surface area contributed by atoms with Crippen molar-refractivity contribution >= 4 is 45.7 Å². The molecule has 2 atom stereocenters. The van der Waals surface area contributed by atoms with E-state index in [9.17, 15) is 9.59 Å². The van der Waals surface area contributed by atoms with Gasteiger partial charge in [-0.15, -0.1) is 10.2 Å². The van der Waals surface area contributed by atoms with Gasteiger partial charge in [-0.1, -0.05) is 49.1 Å². The maximum absolute atomic E-state index is 12.6. The second kappa shape index (κ2) is 8.39. The van der Waals surface area contributed by atoms with Gasteiger partial charge in [0.25, 0.3) is 0 Å². The van der Waals surface area contributed by atoms with Crippen molar-refractivity contribution in [2.75, 3.05) is 16.8 Å². The molecule has 3 rings (SSSR count). The predicted octanol–water partition coefficient (Wildman–Crippen LogP) is 4.04. The normalized spacial score (nSPS) is 18.0. The molecular weight excluding hydrogens is 380 g/mol. The van der Waals surface area contributed by atoms with Crippen LogP contribution in [0, 0.1) is 19.8 Å². The second-order valence-corrected chi connectivity index (χ2v) is 9.56. The number of carbonyl (C=O) groups excluding carboxylic acids is 2. The van der Waals surface area contributed by atoms with Crippen LogP contribution in [0.25, 0.3) is 0 Å². The van der Waals surface area contributed by atoms with E-state index in [1.54, 1.807) is 16.7 Å². The number of hydrogen-bond donors (Lipinski definition) is 1. The van der Waals surface area contributed by atoms with Crippen LogP contribution >= 0.6 is 23.1 Å². The number of thioether (sulfide) groups is 1. The molecule has 1 aliphatic heterocycles. The molecule has 1 aliphatic rings.